The number of hydrogen-bond acceptors (Lipinski definition) is 6. The lowest BCUT2D eigenvalue weighted by Gasteiger charge is -2.10. The Morgan fingerprint density at radius 2 is 2.18 bits per heavy atom. The molecule has 152 valence electrons. The Labute approximate surface area is 164 Å². The summed E-state index contributed by atoms with van der Waals surface area (Å²) in [5, 5.41) is 11.5. The molecule has 0 radical (unpaired) electrons. The summed E-state index contributed by atoms with van der Waals surface area (Å²) in [6.45, 7) is 4.42. The average Bonchev–Trinajstić information content (AvgIpc) is 3.26. The van der Waals surface area contributed by atoms with E-state index in [1.807, 2.05) is 6.92 Å². The molecule has 3 rings (SSSR count). The van der Waals surface area contributed by atoms with E-state index >= 15 is 0 Å². The minimum atomic E-state index is -0.422. The van der Waals surface area contributed by atoms with Crippen LogP contribution in [0.3, 0.4) is 0 Å². The Kier molecular flexibility index (Phi) is 6.80. The number of esters is 1. The molecule has 0 atom stereocenters. The normalized spacial score (nSPS) is 15.4. The van der Waals surface area contributed by atoms with Gasteiger partial charge in [0.15, 0.2) is 0 Å². The number of amides is 1. The van der Waals surface area contributed by atoms with Crippen LogP contribution in [-0.2, 0) is 35.9 Å². The lowest BCUT2D eigenvalue weighted by molar-refractivity contribution is 0.0486. The Hall–Kier alpha value is -2.68. The maximum absolute atomic E-state index is 12.7. The van der Waals surface area contributed by atoms with Crippen LogP contribution in [0.5, 0.6) is 0 Å². The first-order valence-corrected chi connectivity index (χ1v) is 9.70. The van der Waals surface area contributed by atoms with Crippen LogP contribution in [0.4, 0.5) is 0 Å². The molecule has 0 unspecified atom stereocenters. The first-order chi connectivity index (χ1) is 13.6. The summed E-state index contributed by atoms with van der Waals surface area (Å²) in [5.74, 6) is -0.512. The molecule has 1 N–H and O–H groups in total. The van der Waals surface area contributed by atoms with Crippen molar-refractivity contribution in [3.63, 3.8) is 0 Å². The topological polar surface area (TPSA) is 100 Å². The van der Waals surface area contributed by atoms with Gasteiger partial charge in [0.05, 0.1) is 35.3 Å². The molecule has 1 amide bonds. The van der Waals surface area contributed by atoms with E-state index in [0.717, 1.165) is 24.2 Å². The summed E-state index contributed by atoms with van der Waals surface area (Å²) in [6, 6.07) is 0. The van der Waals surface area contributed by atoms with E-state index in [2.05, 4.69) is 15.5 Å². The SMILES string of the molecule is CCc1nn(CCOC(=O)c2cnn(C)c2)c2c1C(=O)NCCCOCCC2. The number of hydrogen-bond donors (Lipinski definition) is 1. The van der Waals surface area contributed by atoms with E-state index < -0.39 is 5.97 Å². The maximum Gasteiger partial charge on any atom is 0.341 e. The molecular formula is C19H27N5O4. The van der Waals surface area contributed by atoms with Crippen LogP contribution >= 0.6 is 0 Å². The number of nitrogens with one attached hydrogen (secondary N) is 1. The highest BCUT2D eigenvalue weighted by Gasteiger charge is 2.23. The largest absolute Gasteiger partial charge is 0.460 e. The van der Waals surface area contributed by atoms with Gasteiger partial charge < -0.3 is 14.8 Å². The summed E-state index contributed by atoms with van der Waals surface area (Å²) < 4.78 is 14.3. The number of carbonyl (C=O) groups is 2. The second-order valence-electron chi connectivity index (χ2n) is 6.71. The molecule has 2 aromatic rings. The molecule has 9 heteroatoms. The highest BCUT2D eigenvalue weighted by atomic mass is 16.5. The van der Waals surface area contributed by atoms with Crippen molar-refractivity contribution >= 4 is 11.9 Å². The highest BCUT2D eigenvalue weighted by molar-refractivity contribution is 5.96. The summed E-state index contributed by atoms with van der Waals surface area (Å²) in [4.78, 5) is 24.8. The Morgan fingerprint density at radius 3 is 2.93 bits per heavy atom. The number of carbonyl (C=O) groups excluding carboxylic acids is 2. The van der Waals surface area contributed by atoms with Crippen molar-refractivity contribution in [2.45, 2.75) is 39.2 Å². The van der Waals surface area contributed by atoms with Crippen molar-refractivity contribution in [1.82, 2.24) is 24.9 Å². The number of ether oxygens (including phenoxy) is 2. The predicted octanol–water partition coefficient (Wildman–Crippen LogP) is 1.12. The lowest BCUT2D eigenvalue weighted by Crippen LogP contribution is -2.26. The van der Waals surface area contributed by atoms with Crippen LogP contribution < -0.4 is 5.32 Å². The first-order valence-electron chi connectivity index (χ1n) is 9.70. The number of aromatic nitrogens is 4. The highest BCUT2D eigenvalue weighted by Crippen LogP contribution is 2.18. The minimum Gasteiger partial charge on any atom is -0.460 e. The number of aryl methyl sites for hydroxylation is 2. The Balaban J connectivity index is 1.73. The van der Waals surface area contributed by atoms with Gasteiger partial charge in [-0.1, -0.05) is 6.92 Å². The summed E-state index contributed by atoms with van der Waals surface area (Å²) >= 11 is 0. The molecule has 28 heavy (non-hydrogen) atoms. The van der Waals surface area contributed by atoms with Crippen LogP contribution in [0.1, 0.15) is 51.9 Å². The van der Waals surface area contributed by atoms with Crippen molar-refractivity contribution in [2.24, 2.45) is 7.05 Å². The molecule has 0 spiro atoms. The third kappa shape index (κ3) is 4.78. The molecule has 0 saturated heterocycles. The van der Waals surface area contributed by atoms with Gasteiger partial charge in [0, 0.05) is 33.0 Å². The zero-order valence-corrected chi connectivity index (χ0v) is 16.4. The molecule has 2 aromatic heterocycles. The Morgan fingerprint density at radius 1 is 1.36 bits per heavy atom. The zero-order valence-electron chi connectivity index (χ0n) is 16.4. The molecule has 9 nitrogen and oxygen atoms in total. The fraction of sp³-hybridized carbons (Fsp3) is 0.579. The van der Waals surface area contributed by atoms with Crippen molar-refractivity contribution in [2.75, 3.05) is 26.4 Å². The molecule has 1 aliphatic heterocycles. The molecule has 0 bridgehead atoms. The number of nitrogens with zero attached hydrogens (tertiary/aromatic N) is 4. The van der Waals surface area contributed by atoms with Crippen LogP contribution in [0.15, 0.2) is 12.4 Å². The maximum atomic E-state index is 12.7. The smallest absolute Gasteiger partial charge is 0.341 e. The van der Waals surface area contributed by atoms with Gasteiger partial charge in [0.2, 0.25) is 0 Å². The van der Waals surface area contributed by atoms with Crippen LogP contribution in [0, 0.1) is 0 Å². The van der Waals surface area contributed by atoms with Crippen LogP contribution in [-0.4, -0.2) is 57.8 Å². The second kappa shape index (κ2) is 9.50. The summed E-state index contributed by atoms with van der Waals surface area (Å²) in [7, 11) is 1.74. The lowest BCUT2D eigenvalue weighted by atomic mass is 10.1. The average molecular weight is 389 g/mol. The van der Waals surface area contributed by atoms with Crippen molar-refractivity contribution in [3.8, 4) is 0 Å². The third-order valence-electron chi connectivity index (χ3n) is 4.62. The van der Waals surface area contributed by atoms with Gasteiger partial charge in [0.25, 0.3) is 5.91 Å². The zero-order chi connectivity index (χ0) is 19.9. The minimum absolute atomic E-state index is 0.0904. The van der Waals surface area contributed by atoms with Gasteiger partial charge in [0.1, 0.15) is 6.61 Å². The molecule has 0 fully saturated rings. The quantitative estimate of drug-likeness (QED) is 0.769. The fourth-order valence-electron chi connectivity index (χ4n) is 3.24. The van der Waals surface area contributed by atoms with E-state index in [1.165, 1.54) is 6.20 Å². The number of fused-ring (bicyclic) bond motifs is 1. The van der Waals surface area contributed by atoms with Gasteiger partial charge in [-0.25, -0.2) is 4.79 Å². The van der Waals surface area contributed by atoms with Crippen molar-refractivity contribution < 1.29 is 19.1 Å². The molecule has 0 saturated carbocycles. The Bertz CT molecular complexity index is 826. The van der Waals surface area contributed by atoms with E-state index in [0.29, 0.717) is 50.3 Å². The third-order valence-corrected chi connectivity index (χ3v) is 4.62. The van der Waals surface area contributed by atoms with E-state index in [9.17, 15) is 9.59 Å². The second-order valence-corrected chi connectivity index (χ2v) is 6.71. The van der Waals surface area contributed by atoms with Gasteiger partial charge in [-0.2, -0.15) is 10.2 Å². The van der Waals surface area contributed by atoms with Crippen LogP contribution in [0.2, 0.25) is 0 Å². The van der Waals surface area contributed by atoms with Crippen molar-refractivity contribution in [1.29, 1.82) is 0 Å². The van der Waals surface area contributed by atoms with Crippen LogP contribution in [0.25, 0.3) is 0 Å². The van der Waals surface area contributed by atoms with E-state index in [1.54, 1.807) is 22.6 Å². The van der Waals surface area contributed by atoms with E-state index in [-0.39, 0.29) is 12.5 Å². The predicted molar refractivity (Wildman–Crippen MR) is 101 cm³/mol. The van der Waals surface area contributed by atoms with Gasteiger partial charge >= 0.3 is 5.97 Å². The molecular weight excluding hydrogens is 362 g/mol. The van der Waals surface area contributed by atoms with Gasteiger partial charge in [-0.3, -0.25) is 14.2 Å². The van der Waals surface area contributed by atoms with E-state index in [4.69, 9.17) is 9.47 Å². The molecule has 3 heterocycles. The van der Waals surface area contributed by atoms with Gasteiger partial charge in [-0.05, 0) is 25.7 Å². The summed E-state index contributed by atoms with van der Waals surface area (Å²) in [5.41, 5.74) is 2.71. The van der Waals surface area contributed by atoms with Gasteiger partial charge in [-0.15, -0.1) is 0 Å². The molecule has 1 aliphatic rings. The monoisotopic (exact) mass is 389 g/mol. The standard InChI is InChI=1S/C19H27N5O4/c1-3-15-17-16(6-4-9-27-10-5-7-20-18(17)25)24(22-15)8-11-28-19(26)14-12-21-23(2)13-14/h12-13H,3-11H2,1-2H3,(H,20,25). The van der Waals surface area contributed by atoms with Crippen molar-refractivity contribution in [3.05, 3.63) is 34.9 Å². The summed E-state index contributed by atoms with van der Waals surface area (Å²) in [6.07, 6.45) is 6.04. The first kappa shape index (κ1) is 20.1. The fourth-order valence-corrected chi connectivity index (χ4v) is 3.24. The molecule has 0 aliphatic carbocycles. The molecule has 0 aromatic carbocycles. The number of rotatable bonds is 5.